The molecule has 2 aliphatic rings. The average Bonchev–Trinajstić information content (AvgIpc) is 2.29. The summed E-state index contributed by atoms with van der Waals surface area (Å²) < 4.78 is 0. The first-order valence-electron chi connectivity index (χ1n) is 5.28. The normalized spacial score (nSPS) is 44.4. The molecule has 0 spiro atoms. The van der Waals surface area contributed by atoms with E-state index in [1.165, 1.54) is 19.3 Å². The van der Waals surface area contributed by atoms with Crippen LogP contribution in [0, 0.1) is 23.2 Å². The molecule has 1 fully saturated rings. The molecule has 1 saturated carbocycles. The Hall–Kier alpha value is -0.260. The monoisotopic (exact) mass is 164 g/mol. The predicted octanol–water partition coefficient (Wildman–Crippen LogP) is 3.63. The molecule has 0 aliphatic heterocycles. The van der Waals surface area contributed by atoms with E-state index in [-0.39, 0.29) is 0 Å². The van der Waals surface area contributed by atoms with E-state index in [1.807, 2.05) is 0 Å². The highest BCUT2D eigenvalue weighted by atomic mass is 14.5. The van der Waals surface area contributed by atoms with Gasteiger partial charge >= 0.3 is 0 Å². The Morgan fingerprint density at radius 3 is 2.75 bits per heavy atom. The molecule has 0 amide bonds. The Labute approximate surface area is 76.1 Å². The summed E-state index contributed by atoms with van der Waals surface area (Å²) >= 11 is 0. The van der Waals surface area contributed by atoms with E-state index in [0.29, 0.717) is 5.41 Å². The van der Waals surface area contributed by atoms with E-state index >= 15 is 0 Å². The van der Waals surface area contributed by atoms with Crippen molar-refractivity contribution in [3.63, 3.8) is 0 Å². The third-order valence-corrected chi connectivity index (χ3v) is 3.99. The third kappa shape index (κ3) is 1.12. The second kappa shape index (κ2) is 2.61. The minimum Gasteiger partial charge on any atom is -0.0880 e. The number of hydrogen-bond donors (Lipinski definition) is 0. The predicted molar refractivity (Wildman–Crippen MR) is 52.9 cm³/mol. The molecule has 0 N–H and O–H groups in total. The van der Waals surface area contributed by atoms with Gasteiger partial charge in [0.15, 0.2) is 0 Å². The smallest absolute Gasteiger partial charge is 0.0197 e. The van der Waals surface area contributed by atoms with Gasteiger partial charge in [-0.25, -0.2) is 0 Å². The van der Waals surface area contributed by atoms with E-state index < -0.39 is 0 Å². The minimum absolute atomic E-state index is 0.606. The molecule has 0 heterocycles. The molecule has 0 aromatic heterocycles. The quantitative estimate of drug-likeness (QED) is 0.479. The summed E-state index contributed by atoms with van der Waals surface area (Å²) in [6.45, 7) is 7.33. The lowest BCUT2D eigenvalue weighted by Gasteiger charge is -2.36. The zero-order chi connectivity index (χ0) is 8.77. The minimum atomic E-state index is 0.606. The summed E-state index contributed by atoms with van der Waals surface area (Å²) in [5, 5.41) is 0. The van der Waals surface area contributed by atoms with Crippen LogP contribution in [0.3, 0.4) is 0 Å². The standard InChI is InChI=1S/C12H20/c1-9-5-4-6-10-7-8-12(2,3)11(9)10/h4,6,9-11H,5,7-8H2,1-3H3. The van der Waals surface area contributed by atoms with Crippen molar-refractivity contribution in [3.8, 4) is 0 Å². The summed E-state index contributed by atoms with van der Waals surface area (Å²) in [4.78, 5) is 0. The highest BCUT2D eigenvalue weighted by molar-refractivity contribution is 5.07. The molecule has 0 aromatic carbocycles. The number of allylic oxidation sites excluding steroid dienone is 2. The van der Waals surface area contributed by atoms with Gasteiger partial charge in [0.05, 0.1) is 0 Å². The molecule has 0 heteroatoms. The average molecular weight is 164 g/mol. The summed E-state index contributed by atoms with van der Waals surface area (Å²) in [6, 6.07) is 0. The maximum absolute atomic E-state index is 2.47. The molecular formula is C12H20. The lowest BCUT2D eigenvalue weighted by molar-refractivity contribution is 0.157. The van der Waals surface area contributed by atoms with Gasteiger partial charge in [-0.1, -0.05) is 32.9 Å². The molecule has 0 bridgehead atoms. The topological polar surface area (TPSA) is 0 Å². The molecule has 68 valence electrons. The van der Waals surface area contributed by atoms with Gasteiger partial charge in [-0.2, -0.15) is 0 Å². The zero-order valence-corrected chi connectivity index (χ0v) is 8.51. The first-order chi connectivity index (χ1) is 5.61. The van der Waals surface area contributed by atoms with Crippen LogP contribution in [0.5, 0.6) is 0 Å². The fraction of sp³-hybridized carbons (Fsp3) is 0.833. The van der Waals surface area contributed by atoms with Crippen LogP contribution in [0.25, 0.3) is 0 Å². The van der Waals surface area contributed by atoms with Crippen molar-refractivity contribution in [2.24, 2.45) is 23.2 Å². The Balaban J connectivity index is 2.26. The fourth-order valence-electron chi connectivity index (χ4n) is 3.49. The van der Waals surface area contributed by atoms with Crippen LogP contribution in [-0.4, -0.2) is 0 Å². The Morgan fingerprint density at radius 2 is 2.08 bits per heavy atom. The first kappa shape index (κ1) is 8.34. The molecule has 0 aromatic rings. The molecular weight excluding hydrogens is 144 g/mol. The van der Waals surface area contributed by atoms with Crippen LogP contribution in [0.1, 0.15) is 40.0 Å². The highest BCUT2D eigenvalue weighted by Gasteiger charge is 2.44. The van der Waals surface area contributed by atoms with E-state index in [4.69, 9.17) is 0 Å². The van der Waals surface area contributed by atoms with Gasteiger partial charge in [-0.3, -0.25) is 0 Å². The van der Waals surface area contributed by atoms with Gasteiger partial charge in [-0.15, -0.1) is 0 Å². The van der Waals surface area contributed by atoms with Gasteiger partial charge in [-0.05, 0) is 42.4 Å². The van der Waals surface area contributed by atoms with Crippen LogP contribution < -0.4 is 0 Å². The van der Waals surface area contributed by atoms with Crippen LogP contribution in [0.15, 0.2) is 12.2 Å². The van der Waals surface area contributed by atoms with Crippen molar-refractivity contribution < 1.29 is 0 Å². The number of rotatable bonds is 0. The van der Waals surface area contributed by atoms with E-state index in [0.717, 1.165) is 17.8 Å². The molecule has 12 heavy (non-hydrogen) atoms. The van der Waals surface area contributed by atoms with E-state index in [1.54, 1.807) is 0 Å². The molecule has 2 aliphatic carbocycles. The largest absolute Gasteiger partial charge is 0.0880 e. The lowest BCUT2D eigenvalue weighted by atomic mass is 9.68. The van der Waals surface area contributed by atoms with Crippen molar-refractivity contribution in [2.45, 2.75) is 40.0 Å². The van der Waals surface area contributed by atoms with Gasteiger partial charge in [0.1, 0.15) is 0 Å². The second-order valence-corrected chi connectivity index (χ2v) is 5.36. The second-order valence-electron chi connectivity index (χ2n) is 5.36. The summed E-state index contributed by atoms with van der Waals surface area (Å²) in [5.74, 6) is 2.78. The maximum Gasteiger partial charge on any atom is -0.0197 e. The van der Waals surface area contributed by atoms with Crippen LogP contribution >= 0.6 is 0 Å². The summed E-state index contributed by atoms with van der Waals surface area (Å²) in [5.41, 5.74) is 0.606. The zero-order valence-electron chi connectivity index (χ0n) is 8.51. The Morgan fingerprint density at radius 1 is 1.33 bits per heavy atom. The third-order valence-electron chi connectivity index (χ3n) is 3.99. The van der Waals surface area contributed by atoms with Crippen molar-refractivity contribution >= 4 is 0 Å². The van der Waals surface area contributed by atoms with Gasteiger partial charge in [0.2, 0.25) is 0 Å². The van der Waals surface area contributed by atoms with E-state index in [2.05, 4.69) is 32.9 Å². The summed E-state index contributed by atoms with van der Waals surface area (Å²) in [7, 11) is 0. The van der Waals surface area contributed by atoms with Crippen molar-refractivity contribution in [2.75, 3.05) is 0 Å². The molecule has 0 radical (unpaired) electrons. The van der Waals surface area contributed by atoms with Crippen LogP contribution in [0.4, 0.5) is 0 Å². The van der Waals surface area contributed by atoms with Crippen molar-refractivity contribution in [3.05, 3.63) is 12.2 Å². The fourth-order valence-corrected chi connectivity index (χ4v) is 3.49. The Kier molecular flexibility index (Phi) is 1.82. The number of hydrogen-bond acceptors (Lipinski definition) is 0. The molecule has 2 rings (SSSR count). The molecule has 3 unspecified atom stereocenters. The van der Waals surface area contributed by atoms with Crippen LogP contribution in [-0.2, 0) is 0 Å². The molecule has 0 nitrogen and oxygen atoms in total. The van der Waals surface area contributed by atoms with Crippen molar-refractivity contribution in [1.29, 1.82) is 0 Å². The van der Waals surface area contributed by atoms with E-state index in [9.17, 15) is 0 Å². The van der Waals surface area contributed by atoms with Gasteiger partial charge in [0.25, 0.3) is 0 Å². The Bertz CT molecular complexity index is 200. The molecule has 3 atom stereocenters. The lowest BCUT2D eigenvalue weighted by Crippen LogP contribution is -2.29. The maximum atomic E-state index is 2.47. The van der Waals surface area contributed by atoms with Crippen molar-refractivity contribution in [1.82, 2.24) is 0 Å². The first-order valence-corrected chi connectivity index (χ1v) is 5.28. The number of fused-ring (bicyclic) bond motifs is 1. The highest BCUT2D eigenvalue weighted by Crippen LogP contribution is 2.52. The SMILES string of the molecule is CC1CC=CC2CCC(C)(C)C12. The van der Waals surface area contributed by atoms with Gasteiger partial charge in [0, 0.05) is 0 Å². The summed E-state index contributed by atoms with van der Waals surface area (Å²) in [6.07, 6.45) is 9.03. The van der Waals surface area contributed by atoms with Gasteiger partial charge < -0.3 is 0 Å². The van der Waals surface area contributed by atoms with Crippen LogP contribution in [0.2, 0.25) is 0 Å². The molecule has 0 saturated heterocycles.